The van der Waals surface area contributed by atoms with Crippen molar-refractivity contribution in [3.8, 4) is 0 Å². The van der Waals surface area contributed by atoms with Gasteiger partial charge in [0.15, 0.2) is 6.61 Å². The first-order chi connectivity index (χ1) is 23.8. The molecule has 0 unspecified atom stereocenters. The molecule has 0 spiro atoms. The van der Waals surface area contributed by atoms with Crippen LogP contribution < -0.4 is 20.9 Å². The Labute approximate surface area is 292 Å². The van der Waals surface area contributed by atoms with Gasteiger partial charge in [0.1, 0.15) is 0 Å². The second-order valence-corrected chi connectivity index (χ2v) is 11.5. The van der Waals surface area contributed by atoms with Gasteiger partial charge in [-0.25, -0.2) is 0 Å². The molecule has 0 fully saturated rings. The van der Waals surface area contributed by atoms with Crippen LogP contribution in [0.5, 0.6) is 0 Å². The number of nitrogens with zero attached hydrogens (tertiary/aromatic N) is 2. The van der Waals surface area contributed by atoms with Crippen molar-refractivity contribution in [1.82, 2.24) is 10.6 Å². The Morgan fingerprint density at radius 2 is 1.39 bits per heavy atom. The fraction of sp³-hybridized carbons (Fsp3) is 0.529. The Morgan fingerprint density at radius 3 is 1.94 bits per heavy atom. The summed E-state index contributed by atoms with van der Waals surface area (Å²) >= 11 is 6.06. The van der Waals surface area contributed by atoms with Crippen molar-refractivity contribution in [3.05, 3.63) is 58.6 Å². The molecule has 0 aromatic heterocycles. The zero-order valence-electron chi connectivity index (χ0n) is 28.2. The van der Waals surface area contributed by atoms with Gasteiger partial charge in [-0.05, 0) is 61.4 Å². The second kappa shape index (κ2) is 22.8. The fourth-order valence-electron chi connectivity index (χ4n) is 5.11. The minimum Gasteiger partial charge on any atom is -0.386 e. The largest absolute Gasteiger partial charge is 0.386 e. The molecule has 0 aliphatic carbocycles. The van der Waals surface area contributed by atoms with Crippen LogP contribution in [0.3, 0.4) is 0 Å². The summed E-state index contributed by atoms with van der Waals surface area (Å²) < 4.78 is 27.3. The maximum atomic E-state index is 13.0. The Morgan fingerprint density at radius 1 is 0.837 bits per heavy atom. The average Bonchev–Trinajstić information content (AvgIpc) is 3.08. The number of carbonyl (C=O) groups is 3. The first-order valence-electron chi connectivity index (χ1n) is 16.3. The predicted octanol–water partition coefficient (Wildman–Crippen LogP) is 3.20. The Bertz CT molecular complexity index is 1320. The number of nitrogens with one attached hydrogen (secondary N) is 3. The fourth-order valence-corrected chi connectivity index (χ4v) is 5.23. The van der Waals surface area contributed by atoms with Crippen molar-refractivity contribution in [2.24, 2.45) is 5.16 Å². The summed E-state index contributed by atoms with van der Waals surface area (Å²) in [5, 5.41) is 12.8. The quantitative estimate of drug-likeness (QED) is 0.0842. The van der Waals surface area contributed by atoms with Gasteiger partial charge in [0.25, 0.3) is 11.8 Å². The van der Waals surface area contributed by atoms with Gasteiger partial charge in [-0.3, -0.25) is 14.4 Å². The first kappa shape index (κ1) is 39.6. The summed E-state index contributed by atoms with van der Waals surface area (Å²) in [4.78, 5) is 43.0. The van der Waals surface area contributed by atoms with Gasteiger partial charge in [-0.1, -0.05) is 11.6 Å². The van der Waals surface area contributed by atoms with Gasteiger partial charge >= 0.3 is 0 Å². The number of hydrogen-bond acceptors (Lipinski definition) is 11. The maximum absolute atomic E-state index is 13.0. The highest BCUT2D eigenvalue weighted by Crippen LogP contribution is 2.39. The zero-order valence-corrected chi connectivity index (χ0v) is 29.0. The van der Waals surface area contributed by atoms with Crippen LogP contribution in [0.25, 0.3) is 0 Å². The molecule has 49 heavy (non-hydrogen) atoms. The molecule has 3 N–H and O–H groups in total. The smallest absolute Gasteiger partial charge is 0.260 e. The van der Waals surface area contributed by atoms with Crippen molar-refractivity contribution in [2.75, 3.05) is 96.0 Å². The summed E-state index contributed by atoms with van der Waals surface area (Å²) in [5.74, 6) is -0.549. The molecular formula is C34H48ClN5O9. The number of rotatable bonds is 24. The second-order valence-electron chi connectivity index (χ2n) is 11.0. The molecule has 1 aliphatic heterocycles. The summed E-state index contributed by atoms with van der Waals surface area (Å²) in [5.41, 5.74) is 3.09. The van der Waals surface area contributed by atoms with E-state index in [1.54, 1.807) is 17.9 Å². The lowest BCUT2D eigenvalue weighted by Crippen LogP contribution is -2.43. The lowest BCUT2D eigenvalue weighted by atomic mass is 9.90. The standard InChI is InChI=1S/C34H48ClN5O9/c1-25-22-31(39-29-7-5-28(35)6-8-29)30-23-27(4-9-32(30)40(25)26(2)41)34(43)38-11-13-45-15-17-47-19-21-48-20-18-46-16-14-44-12-10-37-33(42)24-49-36-3/h4-9,23,25,31,39H,3,10-22,24H2,1-2H3,(H,37,42)(H,38,43)/t25-,31+/m0/s1. The highest BCUT2D eigenvalue weighted by atomic mass is 35.5. The monoisotopic (exact) mass is 705 g/mol. The van der Waals surface area contributed by atoms with Crippen molar-refractivity contribution < 1.29 is 42.9 Å². The van der Waals surface area contributed by atoms with E-state index < -0.39 is 0 Å². The van der Waals surface area contributed by atoms with Crippen molar-refractivity contribution in [1.29, 1.82) is 0 Å². The van der Waals surface area contributed by atoms with Gasteiger partial charge in [0, 0.05) is 54.7 Å². The van der Waals surface area contributed by atoms with E-state index >= 15 is 0 Å². The topological polar surface area (TPSA) is 158 Å². The number of oxime groups is 1. The summed E-state index contributed by atoms with van der Waals surface area (Å²) in [6.45, 7) is 11.3. The van der Waals surface area contributed by atoms with E-state index in [9.17, 15) is 14.4 Å². The van der Waals surface area contributed by atoms with E-state index in [0.29, 0.717) is 96.2 Å². The molecule has 1 heterocycles. The number of hydrogen-bond donors (Lipinski definition) is 3. The zero-order chi connectivity index (χ0) is 35.3. The molecule has 2 aromatic rings. The van der Waals surface area contributed by atoms with Crippen LogP contribution in [-0.2, 0) is 38.1 Å². The maximum Gasteiger partial charge on any atom is 0.260 e. The van der Waals surface area contributed by atoms with Crippen LogP contribution in [-0.4, -0.2) is 116 Å². The van der Waals surface area contributed by atoms with E-state index in [-0.39, 0.29) is 36.4 Å². The Hall–Kier alpha value is -3.79. The average molecular weight is 706 g/mol. The normalized spacial score (nSPS) is 15.3. The van der Waals surface area contributed by atoms with Crippen molar-refractivity contribution >= 4 is 47.4 Å². The Balaban J connectivity index is 1.23. The van der Waals surface area contributed by atoms with Crippen LogP contribution >= 0.6 is 11.6 Å². The van der Waals surface area contributed by atoms with Crippen LogP contribution in [0, 0.1) is 0 Å². The molecule has 2 aromatic carbocycles. The predicted molar refractivity (Wildman–Crippen MR) is 186 cm³/mol. The van der Waals surface area contributed by atoms with E-state index in [4.69, 9.17) is 35.3 Å². The first-order valence-corrected chi connectivity index (χ1v) is 16.7. The number of amides is 3. The number of benzene rings is 2. The highest BCUT2D eigenvalue weighted by Gasteiger charge is 2.33. The van der Waals surface area contributed by atoms with E-state index in [2.05, 4.69) is 32.7 Å². The number of ether oxygens (including phenoxy) is 5. The van der Waals surface area contributed by atoms with Crippen LogP contribution in [0.2, 0.25) is 5.02 Å². The molecule has 0 radical (unpaired) electrons. The molecule has 0 saturated carbocycles. The summed E-state index contributed by atoms with van der Waals surface area (Å²) in [6.07, 6.45) is 0.686. The van der Waals surface area contributed by atoms with Crippen molar-refractivity contribution in [3.63, 3.8) is 0 Å². The third-order valence-corrected chi connectivity index (χ3v) is 7.59. The minimum atomic E-state index is -0.289. The van der Waals surface area contributed by atoms with Crippen molar-refractivity contribution in [2.45, 2.75) is 32.4 Å². The SMILES string of the molecule is C=NOCC(=O)NCCOCCOCCOCCOCCOCCNC(=O)c1ccc2c(c1)[C@H](Nc1ccc(Cl)cc1)C[C@H](C)N2C(C)=O. The van der Waals surface area contributed by atoms with Gasteiger partial charge < -0.3 is 49.4 Å². The van der Waals surface area contributed by atoms with Crippen LogP contribution in [0.15, 0.2) is 47.6 Å². The molecule has 3 amide bonds. The number of carbonyl (C=O) groups excluding carboxylic acids is 3. The molecule has 270 valence electrons. The number of halogens is 1. The lowest BCUT2D eigenvalue weighted by molar-refractivity contribution is -0.125. The van der Waals surface area contributed by atoms with Crippen LogP contribution in [0.1, 0.15) is 42.2 Å². The van der Waals surface area contributed by atoms with Gasteiger partial charge in [0.05, 0.1) is 72.1 Å². The summed E-state index contributed by atoms with van der Waals surface area (Å²) in [7, 11) is 0. The third kappa shape index (κ3) is 14.7. The van der Waals surface area contributed by atoms with E-state index in [1.165, 1.54) is 0 Å². The van der Waals surface area contributed by atoms with Gasteiger partial charge in [-0.2, -0.15) is 0 Å². The lowest BCUT2D eigenvalue weighted by Gasteiger charge is -2.39. The molecular weight excluding hydrogens is 658 g/mol. The molecule has 14 nitrogen and oxygen atoms in total. The van der Waals surface area contributed by atoms with E-state index in [1.807, 2.05) is 43.3 Å². The molecule has 0 saturated heterocycles. The molecule has 2 atom stereocenters. The molecule has 15 heteroatoms. The number of anilines is 2. The van der Waals surface area contributed by atoms with Gasteiger partial charge in [-0.15, -0.1) is 5.16 Å². The van der Waals surface area contributed by atoms with Gasteiger partial charge in [0.2, 0.25) is 5.91 Å². The minimum absolute atomic E-state index is 0.0115. The third-order valence-electron chi connectivity index (χ3n) is 7.34. The van der Waals surface area contributed by atoms with E-state index in [0.717, 1.165) is 16.9 Å². The number of fused-ring (bicyclic) bond motifs is 1. The molecule has 0 bridgehead atoms. The Kier molecular flexibility index (Phi) is 18.4. The molecule has 3 rings (SSSR count). The molecule has 1 aliphatic rings. The highest BCUT2D eigenvalue weighted by molar-refractivity contribution is 6.30. The summed E-state index contributed by atoms with van der Waals surface area (Å²) in [6, 6.07) is 12.8. The van der Waals surface area contributed by atoms with Crippen LogP contribution in [0.4, 0.5) is 11.4 Å².